The van der Waals surface area contributed by atoms with Crippen molar-refractivity contribution >= 4 is 11.9 Å². The molecule has 6 heteroatoms. The van der Waals surface area contributed by atoms with Crippen LogP contribution in [0.3, 0.4) is 0 Å². The van der Waals surface area contributed by atoms with Crippen LogP contribution in [0.15, 0.2) is 0 Å². The fraction of sp³-hybridized carbons (Fsp3) is 0.867. The SMILES string of the molecule is CC(C)CN(CCC(=O)O)C(=O)CCOC1CCOCC1. The fourth-order valence-electron chi connectivity index (χ4n) is 2.30. The second-order valence-electron chi connectivity index (χ2n) is 5.81. The summed E-state index contributed by atoms with van der Waals surface area (Å²) in [6.45, 7) is 6.71. The Morgan fingerprint density at radius 2 is 1.95 bits per heavy atom. The zero-order valence-corrected chi connectivity index (χ0v) is 13.0. The van der Waals surface area contributed by atoms with Gasteiger partial charge in [-0.15, -0.1) is 0 Å². The van der Waals surface area contributed by atoms with Crippen molar-refractivity contribution in [3.63, 3.8) is 0 Å². The van der Waals surface area contributed by atoms with Crippen LogP contribution in [0.1, 0.15) is 39.5 Å². The van der Waals surface area contributed by atoms with Gasteiger partial charge in [0, 0.05) is 26.3 Å². The van der Waals surface area contributed by atoms with Gasteiger partial charge in [0.2, 0.25) is 5.91 Å². The van der Waals surface area contributed by atoms with Crippen molar-refractivity contribution in [2.24, 2.45) is 5.92 Å². The van der Waals surface area contributed by atoms with Crippen LogP contribution in [-0.2, 0) is 19.1 Å². The third-order valence-electron chi connectivity index (χ3n) is 3.37. The van der Waals surface area contributed by atoms with E-state index in [9.17, 15) is 9.59 Å². The lowest BCUT2D eigenvalue weighted by molar-refractivity contribution is -0.139. The van der Waals surface area contributed by atoms with Crippen molar-refractivity contribution in [1.29, 1.82) is 0 Å². The molecule has 1 aliphatic heterocycles. The van der Waals surface area contributed by atoms with E-state index in [4.69, 9.17) is 14.6 Å². The molecule has 0 aliphatic carbocycles. The van der Waals surface area contributed by atoms with Gasteiger partial charge in [0.05, 0.1) is 25.6 Å². The first kappa shape index (κ1) is 17.9. The first-order valence-electron chi connectivity index (χ1n) is 7.68. The molecule has 1 saturated heterocycles. The Hall–Kier alpha value is -1.14. The van der Waals surface area contributed by atoms with E-state index >= 15 is 0 Å². The number of rotatable bonds is 9. The molecule has 1 aliphatic rings. The molecule has 0 aromatic rings. The molecule has 0 aromatic carbocycles. The molecule has 21 heavy (non-hydrogen) atoms. The first-order chi connectivity index (χ1) is 9.99. The number of hydrogen-bond donors (Lipinski definition) is 1. The summed E-state index contributed by atoms with van der Waals surface area (Å²) >= 11 is 0. The fourth-order valence-corrected chi connectivity index (χ4v) is 2.30. The Morgan fingerprint density at radius 3 is 2.52 bits per heavy atom. The molecule has 0 radical (unpaired) electrons. The van der Waals surface area contributed by atoms with Gasteiger partial charge >= 0.3 is 5.97 Å². The number of hydrogen-bond acceptors (Lipinski definition) is 4. The van der Waals surface area contributed by atoms with Crippen LogP contribution >= 0.6 is 0 Å². The van der Waals surface area contributed by atoms with Crippen LogP contribution in [-0.4, -0.2) is 60.9 Å². The average molecular weight is 301 g/mol. The minimum absolute atomic E-state index is 0.0146. The van der Waals surface area contributed by atoms with Crippen LogP contribution in [0.4, 0.5) is 0 Å². The number of carbonyl (C=O) groups is 2. The van der Waals surface area contributed by atoms with Crippen LogP contribution in [0.25, 0.3) is 0 Å². The molecule has 1 fully saturated rings. The minimum atomic E-state index is -0.880. The molecule has 1 heterocycles. The highest BCUT2D eigenvalue weighted by Gasteiger charge is 2.18. The van der Waals surface area contributed by atoms with Gasteiger partial charge in [-0.1, -0.05) is 13.8 Å². The monoisotopic (exact) mass is 301 g/mol. The van der Waals surface area contributed by atoms with Gasteiger partial charge in [0.1, 0.15) is 0 Å². The Balaban J connectivity index is 2.30. The van der Waals surface area contributed by atoms with E-state index in [1.807, 2.05) is 13.8 Å². The zero-order chi connectivity index (χ0) is 15.7. The van der Waals surface area contributed by atoms with Gasteiger partial charge in [-0.2, -0.15) is 0 Å². The van der Waals surface area contributed by atoms with Gasteiger partial charge in [-0.25, -0.2) is 0 Å². The highest BCUT2D eigenvalue weighted by atomic mass is 16.5. The number of carboxylic acids is 1. The summed E-state index contributed by atoms with van der Waals surface area (Å²) in [6.07, 6.45) is 2.23. The van der Waals surface area contributed by atoms with Crippen LogP contribution in [0, 0.1) is 5.92 Å². The van der Waals surface area contributed by atoms with Crippen molar-refractivity contribution in [2.75, 3.05) is 32.9 Å². The molecule has 0 aromatic heterocycles. The van der Waals surface area contributed by atoms with Crippen molar-refractivity contribution in [3.8, 4) is 0 Å². The maximum atomic E-state index is 12.2. The second kappa shape index (κ2) is 9.73. The van der Waals surface area contributed by atoms with Gasteiger partial charge in [-0.05, 0) is 18.8 Å². The van der Waals surface area contributed by atoms with Crippen LogP contribution in [0.5, 0.6) is 0 Å². The lowest BCUT2D eigenvalue weighted by Gasteiger charge is -2.25. The van der Waals surface area contributed by atoms with E-state index in [1.54, 1.807) is 4.90 Å². The predicted octanol–water partition coefficient (Wildman–Crippen LogP) is 1.53. The minimum Gasteiger partial charge on any atom is -0.481 e. The zero-order valence-electron chi connectivity index (χ0n) is 13.0. The maximum absolute atomic E-state index is 12.2. The lowest BCUT2D eigenvalue weighted by Crippen LogP contribution is -2.36. The summed E-state index contributed by atoms with van der Waals surface area (Å²) in [5.74, 6) is -0.592. The predicted molar refractivity (Wildman–Crippen MR) is 78.1 cm³/mol. The van der Waals surface area contributed by atoms with E-state index in [0.29, 0.717) is 25.5 Å². The smallest absolute Gasteiger partial charge is 0.305 e. The Morgan fingerprint density at radius 1 is 1.29 bits per heavy atom. The lowest BCUT2D eigenvalue weighted by atomic mass is 10.1. The van der Waals surface area contributed by atoms with E-state index < -0.39 is 5.97 Å². The van der Waals surface area contributed by atoms with Crippen LogP contribution in [0.2, 0.25) is 0 Å². The molecule has 122 valence electrons. The Kier molecular flexibility index (Phi) is 8.30. The molecule has 0 unspecified atom stereocenters. The summed E-state index contributed by atoms with van der Waals surface area (Å²) < 4.78 is 10.9. The van der Waals surface area contributed by atoms with Crippen molar-refractivity contribution in [2.45, 2.75) is 45.6 Å². The molecule has 1 rings (SSSR count). The Bertz CT molecular complexity index is 326. The van der Waals surface area contributed by atoms with E-state index in [0.717, 1.165) is 26.1 Å². The number of ether oxygens (including phenoxy) is 2. The average Bonchev–Trinajstić information content (AvgIpc) is 2.44. The number of nitrogens with zero attached hydrogens (tertiary/aromatic N) is 1. The number of carboxylic acid groups (broad SMARTS) is 1. The third kappa shape index (κ3) is 8.02. The number of aliphatic carboxylic acids is 1. The first-order valence-corrected chi connectivity index (χ1v) is 7.68. The van der Waals surface area contributed by atoms with Crippen molar-refractivity contribution < 1.29 is 24.2 Å². The molecule has 0 spiro atoms. The topological polar surface area (TPSA) is 76.1 Å². The largest absolute Gasteiger partial charge is 0.481 e. The van der Waals surface area contributed by atoms with Gasteiger partial charge < -0.3 is 19.5 Å². The molecular weight excluding hydrogens is 274 g/mol. The highest BCUT2D eigenvalue weighted by molar-refractivity contribution is 5.77. The maximum Gasteiger partial charge on any atom is 0.305 e. The summed E-state index contributed by atoms with van der Waals surface area (Å²) in [7, 11) is 0. The highest BCUT2D eigenvalue weighted by Crippen LogP contribution is 2.11. The molecule has 1 amide bonds. The van der Waals surface area contributed by atoms with Gasteiger partial charge in [0.15, 0.2) is 0 Å². The van der Waals surface area contributed by atoms with E-state index in [-0.39, 0.29) is 25.0 Å². The number of carbonyl (C=O) groups excluding carboxylic acids is 1. The molecule has 0 atom stereocenters. The number of amides is 1. The summed E-state index contributed by atoms with van der Waals surface area (Å²) in [6, 6.07) is 0. The van der Waals surface area contributed by atoms with Crippen molar-refractivity contribution in [1.82, 2.24) is 4.90 Å². The quantitative estimate of drug-likeness (QED) is 0.699. The van der Waals surface area contributed by atoms with E-state index in [1.165, 1.54) is 0 Å². The summed E-state index contributed by atoms with van der Waals surface area (Å²) in [5.41, 5.74) is 0. The third-order valence-corrected chi connectivity index (χ3v) is 3.37. The van der Waals surface area contributed by atoms with Gasteiger partial charge in [0.25, 0.3) is 0 Å². The normalized spacial score (nSPS) is 16.1. The van der Waals surface area contributed by atoms with Crippen molar-refractivity contribution in [3.05, 3.63) is 0 Å². The van der Waals surface area contributed by atoms with Gasteiger partial charge in [-0.3, -0.25) is 9.59 Å². The van der Waals surface area contributed by atoms with E-state index in [2.05, 4.69) is 0 Å². The Labute approximate surface area is 126 Å². The molecule has 6 nitrogen and oxygen atoms in total. The molecule has 0 saturated carbocycles. The van der Waals surface area contributed by atoms with Crippen LogP contribution < -0.4 is 0 Å². The molecule has 1 N–H and O–H groups in total. The summed E-state index contributed by atoms with van der Waals surface area (Å²) in [4.78, 5) is 24.5. The molecular formula is C15H27NO5. The summed E-state index contributed by atoms with van der Waals surface area (Å²) in [5, 5.41) is 8.75. The molecule has 0 bridgehead atoms. The standard InChI is InChI=1S/C15H27NO5/c1-12(2)11-16(7-3-15(18)19)14(17)6-10-21-13-4-8-20-9-5-13/h12-13H,3-11H2,1-2H3,(H,18,19). The second-order valence-corrected chi connectivity index (χ2v) is 5.81.